The minimum atomic E-state index is 0.0447. The number of anilines is 2. The molecule has 1 aromatic carbocycles. The summed E-state index contributed by atoms with van der Waals surface area (Å²) in [7, 11) is 0. The molecule has 2 aliphatic rings. The van der Waals surface area contributed by atoms with Crippen molar-refractivity contribution in [3.05, 3.63) is 53.7 Å². The molecule has 1 aromatic heterocycles. The van der Waals surface area contributed by atoms with Crippen molar-refractivity contribution >= 4 is 17.4 Å². The number of carbonyl (C=O) groups excluding carboxylic acids is 1. The van der Waals surface area contributed by atoms with Crippen molar-refractivity contribution in [2.24, 2.45) is 5.92 Å². The molecular formula is C20H23N3O. The number of aromatic nitrogens is 1. The van der Waals surface area contributed by atoms with Crippen LogP contribution < -0.4 is 10.2 Å². The number of hydrogen-bond donors (Lipinski definition) is 1. The first-order chi connectivity index (χ1) is 11.8. The molecule has 1 amide bonds. The molecule has 24 heavy (non-hydrogen) atoms. The Labute approximate surface area is 142 Å². The highest BCUT2D eigenvalue weighted by Gasteiger charge is 2.37. The number of carbonyl (C=O) groups is 1. The summed E-state index contributed by atoms with van der Waals surface area (Å²) in [6, 6.07) is 12.4. The van der Waals surface area contributed by atoms with Gasteiger partial charge in [-0.3, -0.25) is 4.79 Å². The lowest BCUT2D eigenvalue weighted by Gasteiger charge is -2.19. The molecule has 1 N–H and O–H groups in total. The number of hydrogen-bond acceptors (Lipinski definition) is 3. The number of para-hydroxylation sites is 1. The van der Waals surface area contributed by atoms with Gasteiger partial charge in [0.1, 0.15) is 5.82 Å². The fourth-order valence-electron chi connectivity index (χ4n) is 3.68. The van der Waals surface area contributed by atoms with E-state index < -0.39 is 0 Å². The van der Waals surface area contributed by atoms with Gasteiger partial charge in [0.05, 0.1) is 5.56 Å². The highest BCUT2D eigenvalue weighted by molar-refractivity contribution is 6.10. The Morgan fingerprint density at radius 2 is 2.17 bits per heavy atom. The van der Waals surface area contributed by atoms with E-state index in [9.17, 15) is 4.79 Å². The van der Waals surface area contributed by atoms with Crippen molar-refractivity contribution in [3.63, 3.8) is 0 Å². The third-order valence-electron chi connectivity index (χ3n) is 5.07. The zero-order valence-corrected chi connectivity index (χ0v) is 14.0. The monoisotopic (exact) mass is 321 g/mol. The molecule has 0 saturated heterocycles. The minimum absolute atomic E-state index is 0.0447. The number of amides is 1. The Bertz CT molecular complexity index is 758. The van der Waals surface area contributed by atoms with E-state index in [1.54, 1.807) is 6.20 Å². The van der Waals surface area contributed by atoms with Gasteiger partial charge in [0.2, 0.25) is 0 Å². The first kappa shape index (κ1) is 15.2. The number of nitrogens with zero attached hydrogens (tertiary/aromatic N) is 2. The van der Waals surface area contributed by atoms with Crippen molar-refractivity contribution in [2.45, 2.75) is 38.6 Å². The molecule has 0 spiro atoms. The summed E-state index contributed by atoms with van der Waals surface area (Å²) in [6.45, 7) is 2.96. The van der Waals surface area contributed by atoms with Crippen molar-refractivity contribution in [2.75, 3.05) is 16.8 Å². The number of pyridine rings is 1. The molecular weight excluding hydrogens is 298 g/mol. The van der Waals surface area contributed by atoms with Gasteiger partial charge in [-0.15, -0.1) is 0 Å². The van der Waals surface area contributed by atoms with Gasteiger partial charge in [-0.1, -0.05) is 31.5 Å². The second kappa shape index (κ2) is 6.27. The van der Waals surface area contributed by atoms with Gasteiger partial charge in [0, 0.05) is 24.5 Å². The lowest BCUT2D eigenvalue weighted by molar-refractivity contribution is 0.0990. The number of nitrogens with one attached hydrogen (secondary N) is 1. The van der Waals surface area contributed by atoms with Gasteiger partial charge < -0.3 is 10.2 Å². The van der Waals surface area contributed by atoms with Gasteiger partial charge in [0.15, 0.2) is 0 Å². The van der Waals surface area contributed by atoms with Gasteiger partial charge in [0.25, 0.3) is 5.91 Å². The topological polar surface area (TPSA) is 45.2 Å². The smallest absolute Gasteiger partial charge is 0.262 e. The van der Waals surface area contributed by atoms with Crippen LogP contribution in [0.1, 0.15) is 42.1 Å². The predicted octanol–water partition coefficient (Wildman–Crippen LogP) is 3.89. The zero-order chi connectivity index (χ0) is 16.5. The van der Waals surface area contributed by atoms with Crippen molar-refractivity contribution in [3.8, 4) is 0 Å². The largest absolute Gasteiger partial charge is 0.366 e. The van der Waals surface area contributed by atoms with E-state index in [-0.39, 0.29) is 5.91 Å². The summed E-state index contributed by atoms with van der Waals surface area (Å²) < 4.78 is 0. The Balaban J connectivity index is 1.55. The van der Waals surface area contributed by atoms with Gasteiger partial charge in [-0.2, -0.15) is 0 Å². The van der Waals surface area contributed by atoms with Crippen LogP contribution >= 0.6 is 0 Å². The average molecular weight is 321 g/mol. The quantitative estimate of drug-likeness (QED) is 0.909. The Morgan fingerprint density at radius 3 is 3.04 bits per heavy atom. The molecule has 1 aliphatic heterocycles. The maximum Gasteiger partial charge on any atom is 0.262 e. The van der Waals surface area contributed by atoms with Crippen molar-refractivity contribution < 1.29 is 4.79 Å². The lowest BCUT2D eigenvalue weighted by Crippen LogP contribution is -2.30. The second-order valence-electron chi connectivity index (χ2n) is 6.77. The molecule has 0 radical (unpaired) electrons. The molecule has 0 bridgehead atoms. The number of rotatable bonds is 5. The van der Waals surface area contributed by atoms with Crippen molar-refractivity contribution in [1.29, 1.82) is 0 Å². The third-order valence-corrected chi connectivity index (χ3v) is 5.07. The predicted molar refractivity (Wildman–Crippen MR) is 96.5 cm³/mol. The van der Waals surface area contributed by atoms with Crippen molar-refractivity contribution in [1.82, 2.24) is 4.98 Å². The van der Waals surface area contributed by atoms with Crippen LogP contribution in [0.4, 0.5) is 11.5 Å². The van der Waals surface area contributed by atoms with E-state index in [4.69, 9.17) is 0 Å². The van der Waals surface area contributed by atoms with Crippen LogP contribution in [0.2, 0.25) is 0 Å². The van der Waals surface area contributed by atoms with Crippen LogP contribution in [0.25, 0.3) is 0 Å². The molecule has 4 heteroatoms. The second-order valence-corrected chi connectivity index (χ2v) is 6.77. The molecule has 124 valence electrons. The van der Waals surface area contributed by atoms with Crippen LogP contribution in [0, 0.1) is 5.92 Å². The molecule has 4 rings (SSSR count). The van der Waals surface area contributed by atoms with E-state index in [0.29, 0.717) is 11.6 Å². The van der Waals surface area contributed by atoms with Gasteiger partial charge >= 0.3 is 0 Å². The normalized spacial score (nSPS) is 21.5. The van der Waals surface area contributed by atoms with Crippen LogP contribution in [-0.4, -0.2) is 23.5 Å². The summed E-state index contributed by atoms with van der Waals surface area (Å²) >= 11 is 0. The number of benzene rings is 1. The number of fused-ring (bicyclic) bond motifs is 1. The SMILES string of the molecule is CCCC1CC1Nc1ncccc1C(=O)N1CCc2ccccc21. The molecule has 4 nitrogen and oxygen atoms in total. The van der Waals surface area contributed by atoms with Crippen LogP contribution in [0.5, 0.6) is 0 Å². The maximum atomic E-state index is 13.1. The Morgan fingerprint density at radius 1 is 1.29 bits per heavy atom. The third kappa shape index (κ3) is 2.77. The van der Waals surface area contributed by atoms with Gasteiger partial charge in [-0.05, 0) is 48.9 Å². The zero-order valence-electron chi connectivity index (χ0n) is 14.0. The van der Waals surface area contributed by atoms with Crippen LogP contribution in [-0.2, 0) is 6.42 Å². The summed E-state index contributed by atoms with van der Waals surface area (Å²) in [5, 5.41) is 3.49. The lowest BCUT2D eigenvalue weighted by atomic mass is 10.1. The maximum absolute atomic E-state index is 13.1. The molecule has 2 unspecified atom stereocenters. The summed E-state index contributed by atoms with van der Waals surface area (Å²) in [6.07, 6.45) is 6.32. The van der Waals surface area contributed by atoms with E-state index >= 15 is 0 Å². The van der Waals surface area contributed by atoms with E-state index in [0.717, 1.165) is 30.4 Å². The van der Waals surface area contributed by atoms with Crippen LogP contribution in [0.15, 0.2) is 42.6 Å². The van der Waals surface area contributed by atoms with Crippen LogP contribution in [0.3, 0.4) is 0 Å². The fourth-order valence-corrected chi connectivity index (χ4v) is 3.68. The molecule has 2 heterocycles. The highest BCUT2D eigenvalue weighted by Crippen LogP contribution is 2.38. The molecule has 1 saturated carbocycles. The van der Waals surface area contributed by atoms with E-state index in [1.165, 1.54) is 24.8 Å². The standard InChI is InChI=1S/C20H23N3O/c1-2-6-15-13-17(15)22-19-16(8-5-11-21-19)20(24)23-12-10-14-7-3-4-9-18(14)23/h3-5,7-9,11,15,17H,2,6,10,12-13H2,1H3,(H,21,22). The summed E-state index contributed by atoms with van der Waals surface area (Å²) in [5.74, 6) is 1.51. The molecule has 1 fully saturated rings. The minimum Gasteiger partial charge on any atom is -0.366 e. The average Bonchev–Trinajstić information content (AvgIpc) is 3.19. The fraction of sp³-hybridized carbons (Fsp3) is 0.400. The molecule has 2 atom stereocenters. The first-order valence-corrected chi connectivity index (χ1v) is 8.89. The van der Waals surface area contributed by atoms with Gasteiger partial charge in [-0.25, -0.2) is 4.98 Å². The first-order valence-electron chi connectivity index (χ1n) is 8.89. The van der Waals surface area contributed by atoms with E-state index in [2.05, 4.69) is 23.3 Å². The molecule has 1 aliphatic carbocycles. The Hall–Kier alpha value is -2.36. The highest BCUT2D eigenvalue weighted by atomic mass is 16.2. The molecule has 2 aromatic rings. The Kier molecular flexibility index (Phi) is 3.97. The van der Waals surface area contributed by atoms with E-state index in [1.807, 2.05) is 35.2 Å². The summed E-state index contributed by atoms with van der Waals surface area (Å²) in [5.41, 5.74) is 2.96. The summed E-state index contributed by atoms with van der Waals surface area (Å²) in [4.78, 5) is 19.4.